The third-order valence-electron chi connectivity index (χ3n) is 3.59. The fourth-order valence-electron chi connectivity index (χ4n) is 2.53. The topological polar surface area (TPSA) is 63.3 Å². The van der Waals surface area contributed by atoms with Gasteiger partial charge in [0.05, 0.1) is 0 Å². The lowest BCUT2D eigenvalue weighted by Gasteiger charge is -2.11. The van der Waals surface area contributed by atoms with Crippen molar-refractivity contribution in [1.29, 1.82) is 0 Å². The van der Waals surface area contributed by atoms with Crippen LogP contribution in [0.25, 0.3) is 21.5 Å². The first kappa shape index (κ1) is 12.6. The van der Waals surface area contributed by atoms with E-state index in [0.717, 1.165) is 21.7 Å². The zero-order chi connectivity index (χ0) is 14.1. The molecule has 3 rings (SSSR count). The Hall–Kier alpha value is -2.39. The van der Waals surface area contributed by atoms with Crippen LogP contribution in [0.5, 0.6) is 0 Å². The Kier molecular flexibility index (Phi) is 3.12. The number of hydrogen-bond donors (Lipinski definition) is 2. The van der Waals surface area contributed by atoms with Crippen molar-refractivity contribution in [2.24, 2.45) is 5.73 Å². The molecule has 100 valence electrons. The molecule has 0 saturated heterocycles. The molecular weight excluding hydrogens is 250 g/mol. The van der Waals surface area contributed by atoms with Crippen LogP contribution in [0.4, 0.5) is 0 Å². The molecule has 3 aromatic carbocycles. The summed E-state index contributed by atoms with van der Waals surface area (Å²) in [6, 6.07) is 17.4. The third-order valence-corrected chi connectivity index (χ3v) is 3.59. The van der Waals surface area contributed by atoms with E-state index >= 15 is 0 Å². The van der Waals surface area contributed by atoms with Crippen LogP contribution in [0.1, 0.15) is 5.56 Å². The number of fused-ring (bicyclic) bond motifs is 2. The van der Waals surface area contributed by atoms with Crippen molar-refractivity contribution in [1.82, 2.24) is 0 Å². The van der Waals surface area contributed by atoms with E-state index in [1.807, 2.05) is 30.3 Å². The minimum atomic E-state index is -0.970. The molecule has 0 heterocycles. The molecule has 3 aromatic rings. The summed E-state index contributed by atoms with van der Waals surface area (Å²) in [5, 5.41) is 13.5. The van der Waals surface area contributed by atoms with Crippen molar-refractivity contribution < 1.29 is 9.90 Å². The van der Waals surface area contributed by atoms with E-state index in [1.54, 1.807) is 0 Å². The molecule has 0 radical (unpaired) electrons. The fraction of sp³-hybridized carbons (Fsp3) is 0.118. The van der Waals surface area contributed by atoms with Gasteiger partial charge >= 0.3 is 5.97 Å². The normalized spacial score (nSPS) is 12.7. The highest BCUT2D eigenvalue weighted by Crippen LogP contribution is 2.26. The predicted molar refractivity (Wildman–Crippen MR) is 80.8 cm³/mol. The first-order valence-electron chi connectivity index (χ1n) is 6.54. The summed E-state index contributed by atoms with van der Waals surface area (Å²) in [5.74, 6) is -0.970. The predicted octanol–water partition coefficient (Wildman–Crippen LogP) is 2.95. The lowest BCUT2D eigenvalue weighted by atomic mass is 9.96. The summed E-state index contributed by atoms with van der Waals surface area (Å²) < 4.78 is 0. The zero-order valence-electron chi connectivity index (χ0n) is 10.9. The van der Waals surface area contributed by atoms with Gasteiger partial charge in [-0.05, 0) is 45.7 Å². The maximum absolute atomic E-state index is 10.9. The minimum absolute atomic E-state index is 0.338. The van der Waals surface area contributed by atoms with Gasteiger partial charge in [-0.3, -0.25) is 4.79 Å². The smallest absolute Gasteiger partial charge is 0.320 e. The van der Waals surface area contributed by atoms with Gasteiger partial charge < -0.3 is 10.8 Å². The van der Waals surface area contributed by atoms with E-state index in [2.05, 4.69) is 24.3 Å². The summed E-state index contributed by atoms with van der Waals surface area (Å²) >= 11 is 0. The second kappa shape index (κ2) is 4.94. The van der Waals surface area contributed by atoms with Crippen molar-refractivity contribution >= 4 is 27.5 Å². The summed E-state index contributed by atoms with van der Waals surface area (Å²) in [6.45, 7) is 0. The minimum Gasteiger partial charge on any atom is -0.480 e. The van der Waals surface area contributed by atoms with Gasteiger partial charge in [-0.1, -0.05) is 42.5 Å². The lowest BCUT2D eigenvalue weighted by Crippen LogP contribution is -2.32. The molecule has 0 aliphatic heterocycles. The standard InChI is InChI=1S/C17H15NO2/c18-16(17(19)20)10-14-7-3-6-13-8-11-4-1-2-5-12(11)9-15(13)14/h1-9,16H,10,18H2,(H,19,20)/t16-/m1/s1. The average Bonchev–Trinajstić information content (AvgIpc) is 2.45. The number of nitrogens with two attached hydrogens (primary N) is 1. The van der Waals surface area contributed by atoms with E-state index < -0.39 is 12.0 Å². The van der Waals surface area contributed by atoms with E-state index in [-0.39, 0.29) is 0 Å². The molecule has 0 bridgehead atoms. The number of carboxylic acid groups (broad SMARTS) is 1. The van der Waals surface area contributed by atoms with Crippen LogP contribution in [-0.2, 0) is 11.2 Å². The number of benzene rings is 3. The molecule has 0 unspecified atom stereocenters. The Balaban J connectivity index is 2.17. The van der Waals surface area contributed by atoms with Gasteiger partial charge in [-0.25, -0.2) is 0 Å². The van der Waals surface area contributed by atoms with Gasteiger partial charge in [0.15, 0.2) is 0 Å². The van der Waals surface area contributed by atoms with Crippen molar-refractivity contribution in [3.05, 3.63) is 60.2 Å². The molecule has 0 saturated carbocycles. The Labute approximate surface area is 116 Å². The number of rotatable bonds is 3. The van der Waals surface area contributed by atoms with Crippen LogP contribution in [0, 0.1) is 0 Å². The quantitative estimate of drug-likeness (QED) is 0.716. The molecular formula is C17H15NO2. The van der Waals surface area contributed by atoms with Crippen LogP contribution in [0.2, 0.25) is 0 Å². The second-order valence-corrected chi connectivity index (χ2v) is 4.99. The largest absolute Gasteiger partial charge is 0.480 e. The molecule has 1 atom stereocenters. The Morgan fingerprint density at radius 2 is 1.65 bits per heavy atom. The van der Waals surface area contributed by atoms with Crippen LogP contribution in [0.15, 0.2) is 54.6 Å². The Bertz CT molecular complexity index is 795. The summed E-state index contributed by atoms with van der Waals surface area (Å²) in [7, 11) is 0. The van der Waals surface area contributed by atoms with E-state index in [9.17, 15) is 4.79 Å². The molecule has 20 heavy (non-hydrogen) atoms. The Morgan fingerprint density at radius 3 is 2.35 bits per heavy atom. The van der Waals surface area contributed by atoms with Gasteiger partial charge in [0.2, 0.25) is 0 Å². The number of carboxylic acids is 1. The van der Waals surface area contributed by atoms with Gasteiger partial charge in [0.25, 0.3) is 0 Å². The number of hydrogen-bond acceptors (Lipinski definition) is 2. The maximum atomic E-state index is 10.9. The summed E-state index contributed by atoms with van der Waals surface area (Å²) in [5.41, 5.74) is 6.63. The number of carbonyl (C=O) groups is 1. The highest BCUT2D eigenvalue weighted by molar-refractivity contribution is 5.99. The van der Waals surface area contributed by atoms with Crippen molar-refractivity contribution in [2.45, 2.75) is 12.5 Å². The van der Waals surface area contributed by atoms with Gasteiger partial charge in [0, 0.05) is 0 Å². The average molecular weight is 265 g/mol. The summed E-state index contributed by atoms with van der Waals surface area (Å²) in [6.07, 6.45) is 0.338. The van der Waals surface area contributed by atoms with Crippen molar-refractivity contribution in [3.63, 3.8) is 0 Å². The third kappa shape index (κ3) is 2.24. The van der Waals surface area contributed by atoms with Gasteiger partial charge in [0.1, 0.15) is 6.04 Å². The highest BCUT2D eigenvalue weighted by atomic mass is 16.4. The maximum Gasteiger partial charge on any atom is 0.320 e. The molecule has 0 spiro atoms. The molecule has 0 fully saturated rings. The second-order valence-electron chi connectivity index (χ2n) is 4.99. The van der Waals surface area contributed by atoms with Crippen molar-refractivity contribution in [2.75, 3.05) is 0 Å². The van der Waals surface area contributed by atoms with E-state index in [4.69, 9.17) is 10.8 Å². The van der Waals surface area contributed by atoms with Gasteiger partial charge in [-0.2, -0.15) is 0 Å². The van der Waals surface area contributed by atoms with E-state index in [1.165, 1.54) is 5.39 Å². The van der Waals surface area contributed by atoms with Crippen LogP contribution >= 0.6 is 0 Å². The SMILES string of the molecule is N[C@H](Cc1cccc2cc3ccccc3cc12)C(=O)O. The molecule has 3 N–H and O–H groups in total. The molecule has 3 heteroatoms. The number of aliphatic carboxylic acids is 1. The molecule has 0 aliphatic carbocycles. The summed E-state index contributed by atoms with van der Waals surface area (Å²) in [4.78, 5) is 10.9. The Morgan fingerprint density at radius 1 is 1.00 bits per heavy atom. The van der Waals surface area contributed by atoms with E-state index in [0.29, 0.717) is 6.42 Å². The first-order chi connectivity index (χ1) is 9.65. The van der Waals surface area contributed by atoms with Crippen molar-refractivity contribution in [3.8, 4) is 0 Å². The monoisotopic (exact) mass is 265 g/mol. The highest BCUT2D eigenvalue weighted by Gasteiger charge is 2.13. The molecule has 0 aromatic heterocycles. The van der Waals surface area contributed by atoms with Gasteiger partial charge in [-0.15, -0.1) is 0 Å². The van der Waals surface area contributed by atoms with Crippen LogP contribution < -0.4 is 5.73 Å². The van der Waals surface area contributed by atoms with Crippen LogP contribution in [0.3, 0.4) is 0 Å². The molecule has 3 nitrogen and oxygen atoms in total. The fourth-order valence-corrected chi connectivity index (χ4v) is 2.53. The molecule has 0 amide bonds. The zero-order valence-corrected chi connectivity index (χ0v) is 10.9. The van der Waals surface area contributed by atoms with Crippen LogP contribution in [-0.4, -0.2) is 17.1 Å². The molecule has 0 aliphatic rings. The first-order valence-corrected chi connectivity index (χ1v) is 6.54. The lowest BCUT2D eigenvalue weighted by molar-refractivity contribution is -0.138.